The molecule has 0 aliphatic heterocycles. The van der Waals surface area contributed by atoms with Crippen molar-refractivity contribution in [1.29, 1.82) is 0 Å². The molecule has 224 valence electrons. The zero-order valence-electron chi connectivity index (χ0n) is 25.9. The molecule has 4 rings (SSSR count). The van der Waals surface area contributed by atoms with E-state index in [2.05, 4.69) is 63.3 Å². The molecule has 0 aromatic heterocycles. The van der Waals surface area contributed by atoms with Gasteiger partial charge in [-0.3, -0.25) is 0 Å². The van der Waals surface area contributed by atoms with Gasteiger partial charge < -0.3 is 9.47 Å². The van der Waals surface area contributed by atoms with E-state index in [1.54, 1.807) is 6.07 Å². The molecule has 3 aromatic carbocycles. The van der Waals surface area contributed by atoms with Gasteiger partial charge in [-0.05, 0) is 58.9 Å². The Labute approximate surface area is 252 Å². The van der Waals surface area contributed by atoms with Crippen LogP contribution in [0.3, 0.4) is 0 Å². The first-order valence-electron chi connectivity index (χ1n) is 16.2. The predicted octanol–water partition coefficient (Wildman–Crippen LogP) is 10.3. The number of unbranched alkanes of at least 4 members (excludes halogenated alkanes) is 10. The molecule has 0 saturated heterocycles. The minimum atomic E-state index is -0.453. The molecule has 0 spiro atoms. The molecule has 0 radical (unpaired) electrons. The van der Waals surface area contributed by atoms with Crippen molar-refractivity contribution in [3.8, 4) is 0 Å². The van der Waals surface area contributed by atoms with Crippen LogP contribution in [-0.4, -0.2) is 25.2 Å². The molecule has 1 aliphatic rings. The second-order valence-electron chi connectivity index (χ2n) is 11.7. The first kappa shape index (κ1) is 31.5. The minimum Gasteiger partial charge on any atom is -0.462 e. The van der Waals surface area contributed by atoms with Gasteiger partial charge in [-0.25, -0.2) is 9.59 Å². The lowest BCUT2D eigenvalue weighted by Gasteiger charge is -2.25. The van der Waals surface area contributed by atoms with Crippen LogP contribution in [0.2, 0.25) is 0 Å². The van der Waals surface area contributed by atoms with E-state index in [9.17, 15) is 9.59 Å². The number of benzene rings is 3. The highest BCUT2D eigenvalue weighted by Gasteiger charge is 2.29. The number of hydrogen-bond acceptors (Lipinski definition) is 4. The summed E-state index contributed by atoms with van der Waals surface area (Å²) in [7, 11) is 0. The Morgan fingerprint density at radius 2 is 1.29 bits per heavy atom. The van der Waals surface area contributed by atoms with Gasteiger partial charge in [0.05, 0.1) is 24.3 Å². The number of carbonyl (C=O) groups is 2. The van der Waals surface area contributed by atoms with Crippen LogP contribution >= 0.6 is 0 Å². The van der Waals surface area contributed by atoms with Crippen LogP contribution in [0.1, 0.15) is 140 Å². The van der Waals surface area contributed by atoms with E-state index in [-0.39, 0.29) is 5.92 Å². The zero-order chi connectivity index (χ0) is 29.7. The van der Waals surface area contributed by atoms with E-state index < -0.39 is 11.9 Å². The fourth-order valence-electron chi connectivity index (χ4n) is 6.08. The van der Waals surface area contributed by atoms with Crippen molar-refractivity contribution in [3.63, 3.8) is 0 Å². The Morgan fingerprint density at radius 3 is 1.98 bits per heavy atom. The van der Waals surface area contributed by atoms with E-state index in [0.29, 0.717) is 24.3 Å². The van der Waals surface area contributed by atoms with Gasteiger partial charge in [0, 0.05) is 5.92 Å². The van der Waals surface area contributed by atoms with Gasteiger partial charge in [-0.2, -0.15) is 0 Å². The standard InChI is InChI=1S/C38H48O4/c1-4-6-8-10-12-14-24-41-37(39)34-21-17-20-33(36(34)38(40)42-25-15-13-11-9-7-5-2)31-23-22-30-27-28(3)26-29-18-16-19-32(31)35(29)30/h16-23,26-27,31H,4-15,24-25H2,1-3H3. The van der Waals surface area contributed by atoms with Gasteiger partial charge in [0.2, 0.25) is 0 Å². The van der Waals surface area contributed by atoms with E-state index in [1.165, 1.54) is 60.4 Å². The van der Waals surface area contributed by atoms with Crippen molar-refractivity contribution >= 4 is 28.8 Å². The maximum atomic E-state index is 13.7. The number of aryl methyl sites for hydroxylation is 1. The maximum Gasteiger partial charge on any atom is 0.339 e. The van der Waals surface area contributed by atoms with E-state index in [1.807, 2.05) is 12.1 Å². The second-order valence-corrected chi connectivity index (χ2v) is 11.7. The molecule has 0 N–H and O–H groups in total. The summed E-state index contributed by atoms with van der Waals surface area (Å²) in [5, 5.41) is 2.37. The third-order valence-electron chi connectivity index (χ3n) is 8.31. The number of hydrogen-bond donors (Lipinski definition) is 0. The van der Waals surface area contributed by atoms with E-state index in [0.717, 1.165) is 49.7 Å². The highest BCUT2D eigenvalue weighted by Crippen LogP contribution is 2.40. The molecule has 1 atom stereocenters. The van der Waals surface area contributed by atoms with Crippen LogP contribution in [0.4, 0.5) is 0 Å². The molecular weight excluding hydrogens is 520 g/mol. The summed E-state index contributed by atoms with van der Waals surface area (Å²) in [6, 6.07) is 16.3. The van der Waals surface area contributed by atoms with E-state index >= 15 is 0 Å². The fourth-order valence-corrected chi connectivity index (χ4v) is 6.08. The number of allylic oxidation sites excluding steroid dienone is 1. The molecule has 42 heavy (non-hydrogen) atoms. The Morgan fingerprint density at radius 1 is 0.690 bits per heavy atom. The highest BCUT2D eigenvalue weighted by atomic mass is 16.5. The van der Waals surface area contributed by atoms with Gasteiger partial charge in [0.25, 0.3) is 0 Å². The number of rotatable bonds is 17. The Bertz CT molecular complexity index is 1370. The summed E-state index contributed by atoms with van der Waals surface area (Å²) in [4.78, 5) is 27.1. The zero-order valence-corrected chi connectivity index (χ0v) is 25.9. The number of esters is 2. The SMILES string of the molecule is CCCCCCCCOC(=O)c1cccc(C2C=Cc3cc(C)cc4cccc2c34)c1C(=O)OCCCCCCCC. The van der Waals surface area contributed by atoms with Gasteiger partial charge in [-0.15, -0.1) is 0 Å². The largest absolute Gasteiger partial charge is 0.462 e. The third kappa shape index (κ3) is 8.12. The topological polar surface area (TPSA) is 52.6 Å². The normalized spacial score (nSPS) is 13.8. The lowest BCUT2D eigenvalue weighted by molar-refractivity contribution is 0.0449. The minimum absolute atomic E-state index is 0.174. The Balaban J connectivity index is 1.58. The summed E-state index contributed by atoms with van der Waals surface area (Å²) in [5.41, 5.74) is 4.94. The lowest BCUT2D eigenvalue weighted by Crippen LogP contribution is -2.19. The molecule has 1 unspecified atom stereocenters. The Kier molecular flexibility index (Phi) is 12.2. The number of carbonyl (C=O) groups excluding carboxylic acids is 2. The van der Waals surface area contributed by atoms with Crippen molar-refractivity contribution in [2.45, 2.75) is 104 Å². The molecule has 0 amide bonds. The van der Waals surface area contributed by atoms with Gasteiger partial charge in [0.15, 0.2) is 0 Å². The highest BCUT2D eigenvalue weighted by molar-refractivity contribution is 6.05. The molecule has 0 saturated carbocycles. The van der Waals surface area contributed by atoms with Gasteiger partial charge in [0.1, 0.15) is 0 Å². The van der Waals surface area contributed by atoms with Gasteiger partial charge in [-0.1, -0.05) is 133 Å². The molecule has 0 bridgehead atoms. The summed E-state index contributed by atoms with van der Waals surface area (Å²) < 4.78 is 11.5. The monoisotopic (exact) mass is 568 g/mol. The third-order valence-corrected chi connectivity index (χ3v) is 8.31. The second kappa shape index (κ2) is 16.3. The predicted molar refractivity (Wildman–Crippen MR) is 173 cm³/mol. The molecular formula is C38H48O4. The van der Waals surface area contributed by atoms with Crippen LogP contribution < -0.4 is 0 Å². The average molecular weight is 569 g/mol. The maximum absolute atomic E-state index is 13.7. The molecule has 4 heteroatoms. The Hall–Kier alpha value is -3.40. The number of ether oxygens (including phenoxy) is 2. The van der Waals surface area contributed by atoms with Crippen molar-refractivity contribution in [2.75, 3.05) is 13.2 Å². The fraction of sp³-hybridized carbons (Fsp3) is 0.474. The average Bonchev–Trinajstić information content (AvgIpc) is 2.99. The quantitative estimate of drug-likeness (QED) is 0.120. The van der Waals surface area contributed by atoms with Crippen LogP contribution in [0.15, 0.2) is 54.6 Å². The molecule has 3 aromatic rings. The van der Waals surface area contributed by atoms with Crippen molar-refractivity contribution in [3.05, 3.63) is 88.0 Å². The van der Waals surface area contributed by atoms with Crippen LogP contribution in [0, 0.1) is 6.92 Å². The summed E-state index contributed by atoms with van der Waals surface area (Å²) in [5.74, 6) is -1.07. The van der Waals surface area contributed by atoms with Gasteiger partial charge >= 0.3 is 11.9 Å². The smallest absolute Gasteiger partial charge is 0.339 e. The van der Waals surface area contributed by atoms with Crippen molar-refractivity contribution in [1.82, 2.24) is 0 Å². The van der Waals surface area contributed by atoms with Crippen LogP contribution in [0.25, 0.3) is 16.8 Å². The van der Waals surface area contributed by atoms with Crippen molar-refractivity contribution < 1.29 is 19.1 Å². The lowest BCUT2D eigenvalue weighted by atomic mass is 9.79. The summed E-state index contributed by atoms with van der Waals surface area (Å²) in [6.45, 7) is 7.23. The first-order valence-corrected chi connectivity index (χ1v) is 16.2. The van der Waals surface area contributed by atoms with E-state index in [4.69, 9.17) is 9.47 Å². The molecule has 0 fully saturated rings. The van der Waals surface area contributed by atoms with Crippen LogP contribution in [0.5, 0.6) is 0 Å². The summed E-state index contributed by atoms with van der Waals surface area (Å²) in [6.07, 6.45) is 17.6. The molecule has 1 aliphatic carbocycles. The molecule has 0 heterocycles. The van der Waals surface area contributed by atoms with Crippen LogP contribution in [-0.2, 0) is 9.47 Å². The summed E-state index contributed by atoms with van der Waals surface area (Å²) >= 11 is 0. The van der Waals surface area contributed by atoms with Crippen molar-refractivity contribution in [2.24, 2.45) is 0 Å². The first-order chi connectivity index (χ1) is 20.5. The molecule has 4 nitrogen and oxygen atoms in total.